The molecule has 1 rings (SSSR count). The average molecular weight is 285 g/mol. The third kappa shape index (κ3) is 5.61. The highest BCUT2D eigenvalue weighted by atomic mass is 16.7. The van der Waals surface area contributed by atoms with Crippen molar-refractivity contribution in [1.29, 1.82) is 0 Å². The summed E-state index contributed by atoms with van der Waals surface area (Å²) in [5.74, 6) is -1.29. The largest absolute Gasteiger partial charge is 0.481 e. The molecule has 3 unspecified atom stereocenters. The smallest absolute Gasteiger partial charge is 0.309 e. The van der Waals surface area contributed by atoms with Crippen LogP contribution >= 0.6 is 0 Å². The van der Waals surface area contributed by atoms with E-state index in [0.717, 1.165) is 6.42 Å². The Kier molecular flexibility index (Phi) is 7.08. The fraction of sp³-hybridized carbons (Fsp3) is 0.714. The SMILES string of the molecule is CC=COCOC1CCC(CNC(C)=O)CC1C(=O)O. The lowest BCUT2D eigenvalue weighted by Gasteiger charge is -2.33. The van der Waals surface area contributed by atoms with E-state index in [4.69, 9.17) is 9.47 Å². The van der Waals surface area contributed by atoms with Crippen LogP contribution in [0.25, 0.3) is 0 Å². The van der Waals surface area contributed by atoms with Gasteiger partial charge in [-0.15, -0.1) is 0 Å². The van der Waals surface area contributed by atoms with E-state index in [9.17, 15) is 14.7 Å². The normalized spacial score (nSPS) is 26.4. The van der Waals surface area contributed by atoms with Crippen molar-refractivity contribution in [2.24, 2.45) is 11.8 Å². The van der Waals surface area contributed by atoms with E-state index in [1.54, 1.807) is 6.08 Å². The second-order valence-electron chi connectivity index (χ2n) is 5.02. The number of nitrogens with one attached hydrogen (secondary N) is 1. The van der Waals surface area contributed by atoms with Gasteiger partial charge in [-0.3, -0.25) is 9.59 Å². The Morgan fingerprint density at radius 3 is 2.75 bits per heavy atom. The maximum absolute atomic E-state index is 11.3. The zero-order valence-electron chi connectivity index (χ0n) is 12.0. The maximum atomic E-state index is 11.3. The monoisotopic (exact) mass is 285 g/mol. The Balaban J connectivity index is 2.44. The Morgan fingerprint density at radius 2 is 2.15 bits per heavy atom. The number of amides is 1. The van der Waals surface area contributed by atoms with Crippen LogP contribution in [0.5, 0.6) is 0 Å². The predicted molar refractivity (Wildman–Crippen MR) is 72.8 cm³/mol. The third-order valence-corrected chi connectivity index (χ3v) is 3.43. The topological polar surface area (TPSA) is 84.9 Å². The number of carbonyl (C=O) groups is 2. The van der Waals surface area contributed by atoms with Gasteiger partial charge in [-0.2, -0.15) is 0 Å². The summed E-state index contributed by atoms with van der Waals surface area (Å²) in [4.78, 5) is 22.2. The molecule has 0 saturated heterocycles. The Bertz CT molecular complexity index is 355. The van der Waals surface area contributed by atoms with Crippen LogP contribution in [0, 0.1) is 11.8 Å². The van der Waals surface area contributed by atoms with Gasteiger partial charge in [-0.05, 0) is 32.1 Å². The van der Waals surface area contributed by atoms with Crippen LogP contribution in [0.3, 0.4) is 0 Å². The van der Waals surface area contributed by atoms with Crippen LogP contribution in [0.1, 0.15) is 33.1 Å². The molecule has 0 heterocycles. The summed E-state index contributed by atoms with van der Waals surface area (Å²) in [6, 6.07) is 0. The van der Waals surface area contributed by atoms with Gasteiger partial charge >= 0.3 is 5.97 Å². The lowest BCUT2D eigenvalue weighted by Crippen LogP contribution is -2.40. The van der Waals surface area contributed by atoms with Gasteiger partial charge in [0.1, 0.15) is 0 Å². The van der Waals surface area contributed by atoms with E-state index < -0.39 is 11.9 Å². The third-order valence-electron chi connectivity index (χ3n) is 3.43. The van der Waals surface area contributed by atoms with Crippen LogP contribution in [-0.4, -0.2) is 36.4 Å². The van der Waals surface area contributed by atoms with Crippen molar-refractivity contribution < 1.29 is 24.2 Å². The van der Waals surface area contributed by atoms with Crippen LogP contribution in [0.4, 0.5) is 0 Å². The highest BCUT2D eigenvalue weighted by Crippen LogP contribution is 2.31. The minimum atomic E-state index is -0.853. The number of ether oxygens (including phenoxy) is 2. The van der Waals surface area contributed by atoms with Gasteiger partial charge in [0, 0.05) is 13.5 Å². The molecule has 6 heteroatoms. The maximum Gasteiger partial charge on any atom is 0.309 e. The van der Waals surface area contributed by atoms with Crippen molar-refractivity contribution in [2.75, 3.05) is 13.3 Å². The summed E-state index contributed by atoms with van der Waals surface area (Å²) < 4.78 is 10.6. The van der Waals surface area contributed by atoms with Crippen molar-refractivity contribution in [3.63, 3.8) is 0 Å². The number of carboxylic acids is 1. The number of carboxylic acid groups (broad SMARTS) is 1. The molecule has 1 amide bonds. The number of hydrogen-bond donors (Lipinski definition) is 2. The molecular weight excluding hydrogens is 262 g/mol. The fourth-order valence-electron chi connectivity index (χ4n) is 2.42. The highest BCUT2D eigenvalue weighted by molar-refractivity contribution is 5.73. The number of allylic oxidation sites excluding steroid dienone is 1. The molecule has 0 aromatic heterocycles. The van der Waals surface area contributed by atoms with Gasteiger partial charge in [0.05, 0.1) is 18.3 Å². The van der Waals surface area contributed by atoms with Crippen molar-refractivity contribution >= 4 is 11.9 Å². The molecule has 0 bridgehead atoms. The van der Waals surface area contributed by atoms with E-state index in [-0.39, 0.29) is 24.7 Å². The molecule has 1 aliphatic carbocycles. The number of hydrogen-bond acceptors (Lipinski definition) is 4. The molecule has 1 fully saturated rings. The summed E-state index contributed by atoms with van der Waals surface area (Å²) in [5.41, 5.74) is 0. The van der Waals surface area contributed by atoms with Crippen LogP contribution < -0.4 is 5.32 Å². The Morgan fingerprint density at radius 1 is 1.40 bits per heavy atom. The van der Waals surface area contributed by atoms with Gasteiger partial charge in [0.25, 0.3) is 0 Å². The van der Waals surface area contributed by atoms with Gasteiger partial charge in [-0.1, -0.05) is 6.08 Å². The Hall–Kier alpha value is -1.56. The Labute approximate surface area is 119 Å². The first-order valence-corrected chi connectivity index (χ1v) is 6.86. The van der Waals surface area contributed by atoms with Crippen LogP contribution in [0.15, 0.2) is 12.3 Å². The van der Waals surface area contributed by atoms with Gasteiger partial charge in [-0.25, -0.2) is 0 Å². The van der Waals surface area contributed by atoms with Gasteiger partial charge in [0.2, 0.25) is 5.91 Å². The molecule has 0 radical (unpaired) electrons. The first kappa shape index (κ1) is 16.5. The van der Waals surface area contributed by atoms with Crippen LogP contribution in [-0.2, 0) is 19.1 Å². The summed E-state index contributed by atoms with van der Waals surface area (Å²) >= 11 is 0. The number of carbonyl (C=O) groups excluding carboxylic acids is 1. The molecule has 0 spiro atoms. The first-order valence-electron chi connectivity index (χ1n) is 6.86. The highest BCUT2D eigenvalue weighted by Gasteiger charge is 2.36. The summed E-state index contributed by atoms with van der Waals surface area (Å²) in [7, 11) is 0. The molecule has 0 aliphatic heterocycles. The van der Waals surface area contributed by atoms with E-state index in [1.807, 2.05) is 6.92 Å². The van der Waals surface area contributed by atoms with Gasteiger partial charge in [0.15, 0.2) is 6.79 Å². The molecule has 2 N–H and O–H groups in total. The average Bonchev–Trinajstić information content (AvgIpc) is 2.41. The summed E-state index contributed by atoms with van der Waals surface area (Å²) in [6.45, 7) is 3.88. The zero-order valence-corrected chi connectivity index (χ0v) is 12.0. The van der Waals surface area contributed by atoms with Crippen molar-refractivity contribution in [3.8, 4) is 0 Å². The quantitative estimate of drug-likeness (QED) is 0.421. The van der Waals surface area contributed by atoms with E-state index >= 15 is 0 Å². The van der Waals surface area contributed by atoms with E-state index in [0.29, 0.717) is 19.4 Å². The number of rotatable bonds is 7. The molecule has 0 aromatic rings. The molecular formula is C14H23NO5. The molecule has 0 aromatic carbocycles. The first-order chi connectivity index (χ1) is 9.54. The molecule has 3 atom stereocenters. The second kappa shape index (κ2) is 8.58. The van der Waals surface area contributed by atoms with Crippen molar-refractivity contribution in [3.05, 3.63) is 12.3 Å². The summed E-state index contributed by atoms with van der Waals surface area (Å²) in [6.07, 6.45) is 4.95. The molecule has 6 nitrogen and oxygen atoms in total. The minimum Gasteiger partial charge on any atom is -0.481 e. The predicted octanol–water partition coefficient (Wildman–Crippen LogP) is 1.52. The molecule has 20 heavy (non-hydrogen) atoms. The summed E-state index contributed by atoms with van der Waals surface area (Å²) in [5, 5.41) is 12.0. The zero-order chi connectivity index (χ0) is 15.0. The lowest BCUT2D eigenvalue weighted by atomic mass is 9.79. The lowest BCUT2D eigenvalue weighted by molar-refractivity contribution is -0.156. The minimum absolute atomic E-state index is 0.0646. The number of aliphatic carboxylic acids is 1. The molecule has 1 aliphatic rings. The van der Waals surface area contributed by atoms with E-state index in [2.05, 4.69) is 5.32 Å². The van der Waals surface area contributed by atoms with Crippen molar-refractivity contribution in [1.82, 2.24) is 5.32 Å². The van der Waals surface area contributed by atoms with Gasteiger partial charge < -0.3 is 19.9 Å². The van der Waals surface area contributed by atoms with E-state index in [1.165, 1.54) is 13.2 Å². The molecule has 1 saturated carbocycles. The second-order valence-corrected chi connectivity index (χ2v) is 5.02. The van der Waals surface area contributed by atoms with Crippen molar-refractivity contribution in [2.45, 2.75) is 39.2 Å². The van der Waals surface area contributed by atoms with Crippen LogP contribution in [0.2, 0.25) is 0 Å². The standard InChI is InChI=1S/C14H23NO5/c1-3-6-19-9-20-13-5-4-11(8-15-10(2)16)7-12(13)14(17)18/h3,6,11-13H,4-5,7-9H2,1-2H3,(H,15,16)(H,17,18). The fourth-order valence-corrected chi connectivity index (χ4v) is 2.42. The molecule has 114 valence electrons.